The predicted octanol–water partition coefficient (Wildman–Crippen LogP) is 4.65. The smallest absolute Gasteiger partial charge is 0.317 e. The molecule has 0 fully saturated rings. The Morgan fingerprint density at radius 2 is 1.36 bits per heavy atom. The van der Waals surface area contributed by atoms with Gasteiger partial charge in [-0.15, -0.1) is 0 Å². The Bertz CT molecular complexity index is 289. The van der Waals surface area contributed by atoms with Crippen molar-refractivity contribution in [1.29, 1.82) is 0 Å². The van der Waals surface area contributed by atoms with Gasteiger partial charge in [-0.05, 0) is 18.8 Å². The fraction of sp³-hybridized carbons (Fsp3) is 0.889. The summed E-state index contributed by atoms with van der Waals surface area (Å²) in [7, 11) is 0. The highest BCUT2D eigenvalue weighted by Gasteiger charge is 2.12. The Kier molecular flexibility index (Phi) is 14.1. The number of ether oxygens (including phenoxy) is 2. The lowest BCUT2D eigenvalue weighted by Gasteiger charge is -2.09. The van der Waals surface area contributed by atoms with Crippen LogP contribution in [0.15, 0.2) is 0 Å². The fourth-order valence-corrected chi connectivity index (χ4v) is 2.04. The van der Waals surface area contributed by atoms with Crippen LogP contribution in [0.3, 0.4) is 0 Å². The van der Waals surface area contributed by atoms with Crippen molar-refractivity contribution in [1.82, 2.24) is 0 Å². The summed E-state index contributed by atoms with van der Waals surface area (Å²) in [5, 5.41) is 0. The zero-order valence-electron chi connectivity index (χ0n) is 14.7. The normalized spacial score (nSPS) is 12.0. The van der Waals surface area contributed by atoms with E-state index in [0.29, 0.717) is 19.1 Å². The van der Waals surface area contributed by atoms with Gasteiger partial charge in [0.25, 0.3) is 0 Å². The van der Waals surface area contributed by atoms with Gasteiger partial charge in [-0.1, -0.05) is 65.7 Å². The minimum Gasteiger partial charge on any atom is -0.465 e. The van der Waals surface area contributed by atoms with Gasteiger partial charge in [-0.25, -0.2) is 0 Å². The van der Waals surface area contributed by atoms with Gasteiger partial charge in [0.15, 0.2) is 0 Å². The summed E-state index contributed by atoms with van der Waals surface area (Å²) in [4.78, 5) is 22.9. The predicted molar refractivity (Wildman–Crippen MR) is 88.6 cm³/mol. The molecule has 0 aliphatic heterocycles. The zero-order valence-corrected chi connectivity index (χ0v) is 14.7. The standard InChI is InChI=1S/C18H34O4/c1-4-6-7-8-9-10-11-13-21-17(19)15-18(20)22-14-12-16(3)5-2/h16H,4-15H2,1-3H3. The van der Waals surface area contributed by atoms with Crippen LogP contribution < -0.4 is 0 Å². The van der Waals surface area contributed by atoms with E-state index >= 15 is 0 Å². The lowest BCUT2D eigenvalue weighted by Crippen LogP contribution is -2.15. The fourth-order valence-electron chi connectivity index (χ4n) is 2.04. The number of carbonyl (C=O) groups is 2. The van der Waals surface area contributed by atoms with E-state index in [-0.39, 0.29) is 6.42 Å². The summed E-state index contributed by atoms with van der Waals surface area (Å²) in [6.07, 6.45) is 9.89. The Morgan fingerprint density at radius 1 is 0.818 bits per heavy atom. The molecule has 0 saturated heterocycles. The molecule has 0 aromatic rings. The number of hydrogen-bond acceptors (Lipinski definition) is 4. The highest BCUT2D eigenvalue weighted by Crippen LogP contribution is 2.08. The molecule has 4 nitrogen and oxygen atoms in total. The first-order chi connectivity index (χ1) is 10.6. The SMILES string of the molecule is CCCCCCCCCOC(=O)CC(=O)OCCC(C)CC. The first-order valence-electron chi connectivity index (χ1n) is 8.91. The Labute approximate surface area is 135 Å². The van der Waals surface area contributed by atoms with E-state index in [4.69, 9.17) is 9.47 Å². The molecule has 0 aromatic heterocycles. The van der Waals surface area contributed by atoms with E-state index in [1.54, 1.807) is 0 Å². The number of hydrogen-bond donors (Lipinski definition) is 0. The second-order valence-electron chi connectivity index (χ2n) is 6.04. The number of unbranched alkanes of at least 4 members (excludes halogenated alkanes) is 6. The molecule has 0 bridgehead atoms. The number of carbonyl (C=O) groups excluding carboxylic acids is 2. The van der Waals surface area contributed by atoms with Crippen LogP contribution in [0.1, 0.15) is 85.0 Å². The molecular weight excluding hydrogens is 280 g/mol. The van der Waals surface area contributed by atoms with Crippen LogP contribution >= 0.6 is 0 Å². The van der Waals surface area contributed by atoms with Crippen molar-refractivity contribution >= 4 is 11.9 Å². The van der Waals surface area contributed by atoms with E-state index < -0.39 is 11.9 Å². The number of esters is 2. The van der Waals surface area contributed by atoms with Gasteiger partial charge in [0.05, 0.1) is 13.2 Å². The Balaban J connectivity index is 3.43. The van der Waals surface area contributed by atoms with Crippen molar-refractivity contribution in [3.05, 3.63) is 0 Å². The highest BCUT2D eigenvalue weighted by molar-refractivity contribution is 5.91. The molecule has 0 spiro atoms. The summed E-state index contributed by atoms with van der Waals surface area (Å²) in [5.74, 6) is -0.413. The average molecular weight is 314 g/mol. The molecule has 22 heavy (non-hydrogen) atoms. The molecule has 0 heterocycles. The van der Waals surface area contributed by atoms with Crippen molar-refractivity contribution < 1.29 is 19.1 Å². The largest absolute Gasteiger partial charge is 0.465 e. The summed E-state index contributed by atoms with van der Waals surface area (Å²) < 4.78 is 10.1. The molecular formula is C18H34O4. The van der Waals surface area contributed by atoms with Gasteiger partial charge in [0.1, 0.15) is 6.42 Å². The van der Waals surface area contributed by atoms with Crippen molar-refractivity contribution in [3.8, 4) is 0 Å². The third kappa shape index (κ3) is 13.9. The first-order valence-corrected chi connectivity index (χ1v) is 8.91. The van der Waals surface area contributed by atoms with Crippen LogP contribution in [0.25, 0.3) is 0 Å². The topological polar surface area (TPSA) is 52.6 Å². The molecule has 4 heteroatoms. The zero-order chi connectivity index (χ0) is 16.6. The summed E-state index contributed by atoms with van der Waals surface area (Å²) in [6.45, 7) is 7.22. The lowest BCUT2D eigenvalue weighted by molar-refractivity contribution is -0.154. The monoisotopic (exact) mass is 314 g/mol. The first kappa shape index (κ1) is 20.9. The summed E-state index contributed by atoms with van der Waals surface area (Å²) in [5.41, 5.74) is 0. The molecule has 0 rings (SSSR count). The van der Waals surface area contributed by atoms with E-state index in [1.165, 1.54) is 32.1 Å². The van der Waals surface area contributed by atoms with Gasteiger partial charge in [-0.3, -0.25) is 9.59 Å². The molecule has 0 aliphatic rings. The molecule has 0 N–H and O–H groups in total. The molecule has 0 saturated carbocycles. The second kappa shape index (κ2) is 14.9. The summed E-state index contributed by atoms with van der Waals surface area (Å²) in [6, 6.07) is 0. The van der Waals surface area contributed by atoms with Crippen molar-refractivity contribution in [2.24, 2.45) is 5.92 Å². The molecule has 1 atom stereocenters. The Morgan fingerprint density at radius 3 is 1.95 bits per heavy atom. The molecule has 0 aliphatic carbocycles. The van der Waals surface area contributed by atoms with Gasteiger partial charge in [-0.2, -0.15) is 0 Å². The van der Waals surface area contributed by atoms with E-state index in [1.807, 2.05) is 0 Å². The minimum atomic E-state index is -0.479. The minimum absolute atomic E-state index is 0.267. The van der Waals surface area contributed by atoms with Gasteiger partial charge >= 0.3 is 11.9 Å². The highest BCUT2D eigenvalue weighted by atomic mass is 16.6. The van der Waals surface area contributed by atoms with E-state index in [9.17, 15) is 9.59 Å². The van der Waals surface area contributed by atoms with Crippen LogP contribution in [-0.2, 0) is 19.1 Å². The molecule has 0 radical (unpaired) electrons. The number of rotatable bonds is 14. The van der Waals surface area contributed by atoms with Gasteiger partial charge in [0.2, 0.25) is 0 Å². The molecule has 130 valence electrons. The maximum absolute atomic E-state index is 11.5. The molecule has 0 aromatic carbocycles. The summed E-state index contributed by atoms with van der Waals surface area (Å²) >= 11 is 0. The van der Waals surface area contributed by atoms with Crippen LogP contribution in [0.2, 0.25) is 0 Å². The van der Waals surface area contributed by atoms with Crippen molar-refractivity contribution in [3.63, 3.8) is 0 Å². The second-order valence-corrected chi connectivity index (χ2v) is 6.04. The van der Waals surface area contributed by atoms with Crippen molar-refractivity contribution in [2.45, 2.75) is 85.0 Å². The maximum Gasteiger partial charge on any atom is 0.317 e. The van der Waals surface area contributed by atoms with Crippen LogP contribution in [0.4, 0.5) is 0 Å². The lowest BCUT2D eigenvalue weighted by atomic mass is 10.1. The van der Waals surface area contributed by atoms with Crippen molar-refractivity contribution in [2.75, 3.05) is 13.2 Å². The maximum atomic E-state index is 11.5. The quantitative estimate of drug-likeness (QED) is 0.266. The van der Waals surface area contributed by atoms with Gasteiger partial charge < -0.3 is 9.47 Å². The Hall–Kier alpha value is -1.06. The average Bonchev–Trinajstić information content (AvgIpc) is 2.49. The van der Waals surface area contributed by atoms with E-state index in [0.717, 1.165) is 25.7 Å². The molecule has 1 unspecified atom stereocenters. The van der Waals surface area contributed by atoms with Crippen LogP contribution in [0, 0.1) is 5.92 Å². The third-order valence-electron chi connectivity index (χ3n) is 3.87. The van der Waals surface area contributed by atoms with E-state index in [2.05, 4.69) is 20.8 Å². The van der Waals surface area contributed by atoms with Gasteiger partial charge in [0, 0.05) is 0 Å². The third-order valence-corrected chi connectivity index (χ3v) is 3.87. The van der Waals surface area contributed by atoms with Crippen LogP contribution in [-0.4, -0.2) is 25.2 Å². The molecule has 0 amide bonds. The van der Waals surface area contributed by atoms with Crippen LogP contribution in [0.5, 0.6) is 0 Å².